The maximum Gasteiger partial charge on any atom is 0.325 e. The number of hydrogen-bond acceptors (Lipinski definition) is 7. The molecule has 0 radical (unpaired) electrons. The number of aromatic nitrogens is 4. The van der Waals surface area contributed by atoms with Crippen molar-refractivity contribution >= 4 is 29.7 Å². The molecule has 0 bridgehead atoms. The lowest BCUT2D eigenvalue weighted by molar-refractivity contribution is -0.138. The maximum absolute atomic E-state index is 11.4. The van der Waals surface area contributed by atoms with Crippen LogP contribution in [0.3, 0.4) is 0 Å². The van der Waals surface area contributed by atoms with Crippen LogP contribution in [0, 0.1) is 0 Å². The lowest BCUT2D eigenvalue weighted by Crippen LogP contribution is -2.40. The van der Waals surface area contributed by atoms with Gasteiger partial charge in [0.05, 0.1) is 5.75 Å². The molecule has 0 unspecified atom stereocenters. The highest BCUT2D eigenvalue weighted by Crippen LogP contribution is 2.12. The van der Waals surface area contributed by atoms with Crippen LogP contribution in [0.5, 0.6) is 0 Å². The number of rotatable bonds is 6. The van der Waals surface area contributed by atoms with Crippen molar-refractivity contribution < 1.29 is 19.5 Å². The summed E-state index contributed by atoms with van der Waals surface area (Å²) in [6, 6.07) is -0.585. The number of imide groups is 1. The summed E-state index contributed by atoms with van der Waals surface area (Å²) in [5.74, 6) is -1.72. The van der Waals surface area contributed by atoms with Gasteiger partial charge in [-0.05, 0) is 17.4 Å². The first kappa shape index (κ1) is 14.9. The molecule has 3 amide bonds. The molecule has 0 aliphatic carbocycles. The van der Waals surface area contributed by atoms with Crippen LogP contribution >= 0.6 is 11.8 Å². The van der Waals surface area contributed by atoms with Gasteiger partial charge in [-0.3, -0.25) is 14.9 Å². The van der Waals surface area contributed by atoms with Gasteiger partial charge in [-0.2, -0.15) is 0 Å². The van der Waals surface area contributed by atoms with E-state index >= 15 is 0 Å². The standard InChI is InChI=1S/C8H12N6O4S/c1-2-9-7(18)10-5(15)4-19-8-11-12-13-14(8)3-6(16)17/h2-4H2,1H3,(H,16,17)(H2,9,10,15,18). The zero-order chi connectivity index (χ0) is 14.3. The first-order chi connectivity index (χ1) is 9.02. The second-order valence-electron chi connectivity index (χ2n) is 3.21. The molecule has 0 aromatic carbocycles. The minimum absolute atomic E-state index is 0.100. The lowest BCUT2D eigenvalue weighted by atomic mass is 10.6. The van der Waals surface area contributed by atoms with Gasteiger partial charge in [-0.1, -0.05) is 11.8 Å². The normalized spacial score (nSPS) is 9.95. The van der Waals surface area contributed by atoms with Crippen molar-refractivity contribution in [1.29, 1.82) is 0 Å². The summed E-state index contributed by atoms with van der Waals surface area (Å²) < 4.78 is 1.05. The molecule has 0 spiro atoms. The number of nitrogens with zero attached hydrogens (tertiary/aromatic N) is 4. The number of tetrazole rings is 1. The van der Waals surface area contributed by atoms with Crippen LogP contribution in [0.2, 0.25) is 0 Å². The molecule has 0 saturated carbocycles. The van der Waals surface area contributed by atoms with Crippen LogP contribution < -0.4 is 10.6 Å². The number of nitrogens with one attached hydrogen (secondary N) is 2. The van der Waals surface area contributed by atoms with E-state index in [1.807, 2.05) is 0 Å². The van der Waals surface area contributed by atoms with Gasteiger partial charge in [-0.15, -0.1) is 5.10 Å². The largest absolute Gasteiger partial charge is 0.480 e. The molecule has 11 heteroatoms. The Morgan fingerprint density at radius 2 is 2.16 bits per heavy atom. The molecule has 0 fully saturated rings. The first-order valence-corrected chi connectivity index (χ1v) is 6.20. The van der Waals surface area contributed by atoms with Crippen molar-refractivity contribution in [3.63, 3.8) is 0 Å². The van der Waals surface area contributed by atoms with Crippen molar-refractivity contribution in [3.05, 3.63) is 0 Å². The van der Waals surface area contributed by atoms with Gasteiger partial charge in [0.1, 0.15) is 6.54 Å². The van der Waals surface area contributed by atoms with E-state index in [2.05, 4.69) is 26.2 Å². The van der Waals surface area contributed by atoms with Crippen molar-refractivity contribution in [1.82, 2.24) is 30.8 Å². The number of carboxylic acid groups (broad SMARTS) is 1. The molecule has 0 saturated heterocycles. The van der Waals surface area contributed by atoms with Crippen LogP contribution in [0.4, 0.5) is 4.79 Å². The maximum atomic E-state index is 11.4. The summed E-state index contributed by atoms with van der Waals surface area (Å²) in [5, 5.41) is 23.7. The number of urea groups is 1. The molecular formula is C8H12N6O4S. The van der Waals surface area contributed by atoms with E-state index in [9.17, 15) is 14.4 Å². The Morgan fingerprint density at radius 3 is 2.79 bits per heavy atom. The van der Waals surface area contributed by atoms with Crippen LogP contribution in [0.15, 0.2) is 5.16 Å². The highest BCUT2D eigenvalue weighted by Gasteiger charge is 2.13. The molecule has 104 valence electrons. The van der Waals surface area contributed by atoms with Crippen LogP contribution in [-0.4, -0.2) is 55.5 Å². The Bertz CT molecular complexity index is 476. The molecule has 10 nitrogen and oxygen atoms in total. The zero-order valence-electron chi connectivity index (χ0n) is 9.99. The highest BCUT2D eigenvalue weighted by atomic mass is 32.2. The predicted molar refractivity (Wildman–Crippen MR) is 63.4 cm³/mol. The summed E-state index contributed by atoms with van der Waals surface area (Å²) in [6.45, 7) is 1.73. The summed E-state index contributed by atoms with van der Waals surface area (Å²) in [5.41, 5.74) is 0. The van der Waals surface area contributed by atoms with Gasteiger partial charge in [0.2, 0.25) is 11.1 Å². The van der Waals surface area contributed by atoms with Crippen molar-refractivity contribution in [2.24, 2.45) is 0 Å². The van der Waals surface area contributed by atoms with Crippen molar-refractivity contribution in [2.75, 3.05) is 12.3 Å². The lowest BCUT2D eigenvalue weighted by Gasteiger charge is -2.04. The fourth-order valence-electron chi connectivity index (χ4n) is 1.02. The third-order valence-corrected chi connectivity index (χ3v) is 2.66. The van der Waals surface area contributed by atoms with Crippen molar-refractivity contribution in [3.8, 4) is 0 Å². The fraction of sp³-hybridized carbons (Fsp3) is 0.500. The highest BCUT2D eigenvalue weighted by molar-refractivity contribution is 7.99. The van der Waals surface area contributed by atoms with E-state index in [1.165, 1.54) is 0 Å². The second-order valence-corrected chi connectivity index (χ2v) is 4.15. The van der Waals surface area contributed by atoms with Gasteiger partial charge in [0, 0.05) is 6.54 Å². The number of thioether (sulfide) groups is 1. The second kappa shape index (κ2) is 7.31. The molecule has 1 aromatic rings. The molecule has 1 rings (SSSR count). The van der Waals surface area contributed by atoms with Crippen LogP contribution in [-0.2, 0) is 16.1 Å². The Kier molecular flexibility index (Phi) is 5.73. The third kappa shape index (κ3) is 5.33. The SMILES string of the molecule is CCNC(=O)NC(=O)CSc1nnnn1CC(=O)O. The molecule has 0 atom stereocenters. The number of carbonyl (C=O) groups excluding carboxylic acids is 2. The van der Waals surface area contributed by atoms with E-state index < -0.39 is 24.5 Å². The topological polar surface area (TPSA) is 139 Å². The van der Waals surface area contributed by atoms with E-state index in [4.69, 9.17) is 5.11 Å². The van der Waals surface area contributed by atoms with Gasteiger partial charge in [0.25, 0.3) is 0 Å². The molecule has 1 aromatic heterocycles. The van der Waals surface area contributed by atoms with Gasteiger partial charge in [0.15, 0.2) is 0 Å². The molecular weight excluding hydrogens is 276 g/mol. The minimum atomic E-state index is -1.10. The minimum Gasteiger partial charge on any atom is -0.480 e. The van der Waals surface area contributed by atoms with E-state index in [-0.39, 0.29) is 10.9 Å². The predicted octanol–water partition coefficient (Wildman–Crippen LogP) is -1.30. The fourth-order valence-corrected chi connectivity index (χ4v) is 1.70. The molecule has 3 N–H and O–H groups in total. The molecule has 19 heavy (non-hydrogen) atoms. The first-order valence-electron chi connectivity index (χ1n) is 5.21. The van der Waals surface area contributed by atoms with E-state index in [1.54, 1.807) is 6.92 Å². The summed E-state index contributed by atoms with van der Waals surface area (Å²) >= 11 is 0.935. The zero-order valence-corrected chi connectivity index (χ0v) is 10.8. The summed E-state index contributed by atoms with van der Waals surface area (Å²) in [7, 11) is 0. The monoisotopic (exact) mass is 288 g/mol. The van der Waals surface area contributed by atoms with Crippen LogP contribution in [0.1, 0.15) is 6.92 Å². The smallest absolute Gasteiger partial charge is 0.325 e. The van der Waals surface area contributed by atoms with E-state index in [0.717, 1.165) is 16.4 Å². The Balaban J connectivity index is 2.44. The third-order valence-electron chi connectivity index (χ3n) is 1.71. The van der Waals surface area contributed by atoms with Gasteiger partial charge in [-0.25, -0.2) is 9.48 Å². The Labute approximate surface area is 111 Å². The number of hydrogen-bond donors (Lipinski definition) is 3. The number of aliphatic carboxylic acids is 1. The van der Waals surface area contributed by atoms with E-state index in [0.29, 0.717) is 6.54 Å². The molecule has 0 aliphatic heterocycles. The van der Waals surface area contributed by atoms with Gasteiger partial charge < -0.3 is 10.4 Å². The van der Waals surface area contributed by atoms with Crippen LogP contribution in [0.25, 0.3) is 0 Å². The average Bonchev–Trinajstić information content (AvgIpc) is 2.73. The summed E-state index contributed by atoms with van der Waals surface area (Å²) in [4.78, 5) is 32.9. The Morgan fingerprint density at radius 1 is 1.42 bits per heavy atom. The number of carbonyl (C=O) groups is 3. The molecule has 1 heterocycles. The summed E-state index contributed by atoms with van der Waals surface area (Å²) in [6.07, 6.45) is 0. The quantitative estimate of drug-likeness (QED) is 0.548. The van der Waals surface area contributed by atoms with Gasteiger partial charge >= 0.3 is 12.0 Å². The number of amides is 3. The molecule has 0 aliphatic rings. The average molecular weight is 288 g/mol. The van der Waals surface area contributed by atoms with Crippen molar-refractivity contribution in [2.45, 2.75) is 18.6 Å². The number of carboxylic acids is 1. The Hall–Kier alpha value is -2.17.